The van der Waals surface area contributed by atoms with Crippen LogP contribution in [-0.4, -0.2) is 23.9 Å². The summed E-state index contributed by atoms with van der Waals surface area (Å²) in [5.41, 5.74) is 0.189. The Morgan fingerprint density at radius 2 is 1.93 bits per heavy atom. The maximum absolute atomic E-state index is 9.87. The van der Waals surface area contributed by atoms with Gasteiger partial charge in [0.05, 0.1) is 12.2 Å². The van der Waals surface area contributed by atoms with Gasteiger partial charge in [0.15, 0.2) is 0 Å². The van der Waals surface area contributed by atoms with E-state index in [2.05, 4.69) is 0 Å². The highest BCUT2D eigenvalue weighted by Gasteiger charge is 2.56. The van der Waals surface area contributed by atoms with Gasteiger partial charge >= 0.3 is 0 Å². The van der Waals surface area contributed by atoms with Crippen LogP contribution in [0.4, 0.5) is 0 Å². The van der Waals surface area contributed by atoms with Crippen LogP contribution in [0.3, 0.4) is 0 Å². The molecule has 0 aromatic carbocycles. The van der Waals surface area contributed by atoms with Crippen LogP contribution < -0.4 is 0 Å². The van der Waals surface area contributed by atoms with E-state index in [9.17, 15) is 5.11 Å². The molecule has 14 heavy (non-hydrogen) atoms. The van der Waals surface area contributed by atoms with Gasteiger partial charge in [-0.25, -0.2) is 0 Å². The van der Waals surface area contributed by atoms with Crippen LogP contribution in [0.15, 0.2) is 0 Å². The first-order chi connectivity index (χ1) is 6.81. The molecule has 1 spiro atoms. The second-order valence-electron chi connectivity index (χ2n) is 5.46. The molecule has 0 radical (unpaired) electrons. The van der Waals surface area contributed by atoms with Gasteiger partial charge in [-0.2, -0.15) is 0 Å². The Bertz CT molecular complexity index is 216. The topological polar surface area (TPSA) is 29.5 Å². The van der Waals surface area contributed by atoms with Gasteiger partial charge in [-0.05, 0) is 31.6 Å². The zero-order valence-electron chi connectivity index (χ0n) is 8.74. The van der Waals surface area contributed by atoms with Crippen molar-refractivity contribution in [3.05, 3.63) is 0 Å². The zero-order chi connectivity index (χ0) is 9.60. The van der Waals surface area contributed by atoms with Crippen LogP contribution in [0.1, 0.15) is 44.9 Å². The average Bonchev–Trinajstić information content (AvgIpc) is 2.84. The Morgan fingerprint density at radius 3 is 2.50 bits per heavy atom. The number of hydrogen-bond acceptors (Lipinski definition) is 2. The Balaban J connectivity index is 1.57. The smallest absolute Gasteiger partial charge is 0.0681 e. The number of aliphatic hydroxyl groups excluding tert-OH is 1. The standard InChI is InChI=1S/C12H20O2/c13-10-7-11(14-8-9-3-4-9)12(10)5-1-2-6-12/h9-11,13H,1-8H2. The van der Waals surface area contributed by atoms with Crippen molar-refractivity contribution in [3.8, 4) is 0 Å². The van der Waals surface area contributed by atoms with Gasteiger partial charge in [0, 0.05) is 18.4 Å². The average molecular weight is 196 g/mol. The van der Waals surface area contributed by atoms with Gasteiger partial charge in [0.1, 0.15) is 0 Å². The first-order valence-corrected chi connectivity index (χ1v) is 6.11. The second-order valence-corrected chi connectivity index (χ2v) is 5.46. The number of rotatable bonds is 3. The molecule has 2 unspecified atom stereocenters. The summed E-state index contributed by atoms with van der Waals surface area (Å²) in [4.78, 5) is 0. The first kappa shape index (κ1) is 9.17. The monoisotopic (exact) mass is 196 g/mol. The highest BCUT2D eigenvalue weighted by molar-refractivity contribution is 5.06. The summed E-state index contributed by atoms with van der Waals surface area (Å²) in [7, 11) is 0. The minimum atomic E-state index is -0.0609. The van der Waals surface area contributed by atoms with E-state index in [0.717, 1.165) is 18.9 Å². The summed E-state index contributed by atoms with van der Waals surface area (Å²) in [6.45, 7) is 0.957. The van der Waals surface area contributed by atoms with E-state index in [1.165, 1.54) is 38.5 Å². The minimum Gasteiger partial charge on any atom is -0.392 e. The molecule has 1 N–H and O–H groups in total. The molecule has 2 nitrogen and oxygen atoms in total. The molecular weight excluding hydrogens is 176 g/mol. The van der Waals surface area contributed by atoms with Gasteiger partial charge in [-0.1, -0.05) is 12.8 Å². The number of ether oxygens (including phenoxy) is 1. The second kappa shape index (κ2) is 3.21. The predicted octanol–water partition coefficient (Wildman–Crippen LogP) is 2.11. The predicted molar refractivity (Wildman–Crippen MR) is 54.0 cm³/mol. The van der Waals surface area contributed by atoms with Crippen molar-refractivity contribution in [1.29, 1.82) is 0 Å². The molecule has 3 rings (SSSR count). The van der Waals surface area contributed by atoms with Crippen molar-refractivity contribution >= 4 is 0 Å². The van der Waals surface area contributed by atoms with Gasteiger partial charge in [0.25, 0.3) is 0 Å². The molecular formula is C12H20O2. The van der Waals surface area contributed by atoms with Crippen LogP contribution in [0.5, 0.6) is 0 Å². The molecule has 0 amide bonds. The van der Waals surface area contributed by atoms with E-state index in [4.69, 9.17) is 4.74 Å². The molecule has 80 valence electrons. The Morgan fingerprint density at radius 1 is 1.21 bits per heavy atom. The van der Waals surface area contributed by atoms with Crippen molar-refractivity contribution in [1.82, 2.24) is 0 Å². The summed E-state index contributed by atoms with van der Waals surface area (Å²) in [5.74, 6) is 0.853. The van der Waals surface area contributed by atoms with E-state index >= 15 is 0 Å². The van der Waals surface area contributed by atoms with Crippen molar-refractivity contribution < 1.29 is 9.84 Å². The van der Waals surface area contributed by atoms with Crippen LogP contribution in [0, 0.1) is 11.3 Å². The molecule has 3 saturated carbocycles. The van der Waals surface area contributed by atoms with E-state index in [1.54, 1.807) is 0 Å². The molecule has 3 aliphatic rings. The van der Waals surface area contributed by atoms with Crippen molar-refractivity contribution in [2.45, 2.75) is 57.2 Å². The summed E-state index contributed by atoms with van der Waals surface area (Å²) in [6.07, 6.45) is 8.93. The SMILES string of the molecule is OC1CC(OCC2CC2)C12CCCC2. The van der Waals surface area contributed by atoms with E-state index in [1.807, 2.05) is 0 Å². The molecule has 2 atom stereocenters. The fraction of sp³-hybridized carbons (Fsp3) is 1.00. The molecule has 0 saturated heterocycles. The van der Waals surface area contributed by atoms with E-state index < -0.39 is 0 Å². The normalized spacial score (nSPS) is 40.1. The highest BCUT2D eigenvalue weighted by atomic mass is 16.5. The zero-order valence-corrected chi connectivity index (χ0v) is 8.74. The van der Waals surface area contributed by atoms with Crippen molar-refractivity contribution in [2.24, 2.45) is 11.3 Å². The molecule has 3 aliphatic carbocycles. The summed E-state index contributed by atoms with van der Waals surface area (Å²) in [6, 6.07) is 0. The summed E-state index contributed by atoms with van der Waals surface area (Å²) in [5, 5.41) is 9.87. The molecule has 0 aliphatic heterocycles. The fourth-order valence-electron chi connectivity index (χ4n) is 3.19. The van der Waals surface area contributed by atoms with Gasteiger partial charge in [0.2, 0.25) is 0 Å². The largest absolute Gasteiger partial charge is 0.392 e. The van der Waals surface area contributed by atoms with Gasteiger partial charge in [-0.3, -0.25) is 0 Å². The Labute approximate surface area is 85.6 Å². The number of hydrogen-bond donors (Lipinski definition) is 1. The van der Waals surface area contributed by atoms with Gasteiger partial charge in [-0.15, -0.1) is 0 Å². The molecule has 0 bridgehead atoms. The first-order valence-electron chi connectivity index (χ1n) is 6.11. The van der Waals surface area contributed by atoms with Crippen molar-refractivity contribution in [3.63, 3.8) is 0 Å². The maximum atomic E-state index is 9.87. The molecule has 0 heterocycles. The third-order valence-electron chi connectivity index (χ3n) is 4.51. The number of aliphatic hydroxyl groups is 1. The molecule has 2 heteroatoms. The van der Waals surface area contributed by atoms with E-state index in [0.29, 0.717) is 6.10 Å². The third kappa shape index (κ3) is 1.31. The van der Waals surface area contributed by atoms with Crippen LogP contribution in [-0.2, 0) is 4.74 Å². The quantitative estimate of drug-likeness (QED) is 0.749. The lowest BCUT2D eigenvalue weighted by Gasteiger charge is -2.51. The Hall–Kier alpha value is -0.0800. The lowest BCUT2D eigenvalue weighted by Crippen LogP contribution is -2.56. The van der Waals surface area contributed by atoms with Gasteiger partial charge < -0.3 is 9.84 Å². The summed E-state index contributed by atoms with van der Waals surface area (Å²) < 4.78 is 5.95. The highest BCUT2D eigenvalue weighted by Crippen LogP contribution is 2.55. The maximum Gasteiger partial charge on any atom is 0.0681 e. The lowest BCUT2D eigenvalue weighted by molar-refractivity contribution is -0.191. The van der Waals surface area contributed by atoms with Crippen LogP contribution in [0.2, 0.25) is 0 Å². The molecule has 0 aromatic rings. The fourth-order valence-corrected chi connectivity index (χ4v) is 3.19. The molecule has 3 fully saturated rings. The van der Waals surface area contributed by atoms with Crippen LogP contribution in [0.25, 0.3) is 0 Å². The van der Waals surface area contributed by atoms with E-state index in [-0.39, 0.29) is 11.5 Å². The Kier molecular flexibility index (Phi) is 2.10. The third-order valence-corrected chi connectivity index (χ3v) is 4.51. The summed E-state index contributed by atoms with van der Waals surface area (Å²) >= 11 is 0. The van der Waals surface area contributed by atoms with Crippen molar-refractivity contribution in [2.75, 3.05) is 6.61 Å². The minimum absolute atomic E-state index is 0.0609. The lowest BCUT2D eigenvalue weighted by atomic mass is 9.62. The molecule has 0 aromatic heterocycles. The van der Waals surface area contributed by atoms with Crippen LogP contribution >= 0.6 is 0 Å².